The summed E-state index contributed by atoms with van der Waals surface area (Å²) < 4.78 is 10.9. The van der Waals surface area contributed by atoms with Crippen molar-refractivity contribution in [2.24, 2.45) is 0 Å². The van der Waals surface area contributed by atoms with Crippen LogP contribution >= 0.6 is 0 Å². The van der Waals surface area contributed by atoms with Crippen LogP contribution in [0.4, 0.5) is 23.1 Å². The summed E-state index contributed by atoms with van der Waals surface area (Å²) in [6, 6.07) is 13.4. The lowest BCUT2D eigenvalue weighted by atomic mass is 9.95. The van der Waals surface area contributed by atoms with Crippen molar-refractivity contribution >= 4 is 23.1 Å². The number of ether oxygens (including phenoxy) is 2. The third-order valence-electron chi connectivity index (χ3n) is 5.36. The monoisotopic (exact) mass is 401 g/mol. The van der Waals surface area contributed by atoms with Gasteiger partial charge in [-0.1, -0.05) is 24.3 Å². The van der Waals surface area contributed by atoms with Crippen LogP contribution < -0.4 is 20.1 Å². The average molecular weight is 401 g/mol. The van der Waals surface area contributed by atoms with Crippen LogP contribution in [0.3, 0.4) is 0 Å². The molecule has 0 saturated carbocycles. The number of nitrogens with one attached hydrogen (secondary N) is 2. The molecule has 0 amide bonds. The Kier molecular flexibility index (Phi) is 5.40. The van der Waals surface area contributed by atoms with Gasteiger partial charge in [0.1, 0.15) is 17.3 Å². The van der Waals surface area contributed by atoms with Crippen LogP contribution in [0.15, 0.2) is 42.5 Å². The van der Waals surface area contributed by atoms with Crippen LogP contribution in [0.5, 0.6) is 11.5 Å². The minimum Gasteiger partial charge on any atom is -0.508 e. The van der Waals surface area contributed by atoms with Gasteiger partial charge < -0.3 is 20.1 Å². The molecule has 0 radical (unpaired) electrons. The Bertz CT molecular complexity index is 1120. The third kappa shape index (κ3) is 3.48. The molecule has 1 aliphatic rings. The van der Waals surface area contributed by atoms with E-state index in [1.54, 1.807) is 26.4 Å². The Balaban J connectivity index is 1.73. The van der Waals surface area contributed by atoms with E-state index in [1.165, 1.54) is 0 Å². The van der Waals surface area contributed by atoms with Gasteiger partial charge in [-0.15, -0.1) is 0 Å². The lowest BCUT2D eigenvalue weighted by Crippen LogP contribution is -2.08. The van der Waals surface area contributed by atoms with Gasteiger partial charge in [0.05, 0.1) is 26.5 Å². The Hall–Kier alpha value is -3.79. The van der Waals surface area contributed by atoms with Crippen molar-refractivity contribution in [2.45, 2.75) is 18.8 Å². The van der Waals surface area contributed by atoms with E-state index < -0.39 is 0 Å². The molecule has 7 nitrogen and oxygen atoms in total. The zero-order chi connectivity index (χ0) is 21.1. The van der Waals surface area contributed by atoms with Crippen molar-refractivity contribution < 1.29 is 9.47 Å². The first-order valence-electron chi connectivity index (χ1n) is 9.72. The molecule has 1 aliphatic carbocycles. The quantitative estimate of drug-likeness (QED) is 0.572. The second kappa shape index (κ2) is 8.29. The third-order valence-corrected chi connectivity index (χ3v) is 5.36. The number of anilines is 3. The van der Waals surface area contributed by atoms with Crippen molar-refractivity contribution in [3.8, 4) is 11.5 Å². The minimum atomic E-state index is 0.144. The number of para-hydroxylation sites is 1. The molecule has 2 aromatic carbocycles. The predicted molar refractivity (Wildman–Crippen MR) is 117 cm³/mol. The molecule has 30 heavy (non-hydrogen) atoms. The molecule has 0 aliphatic heterocycles. The number of fused-ring (bicyclic) bond motifs is 1. The topological polar surface area (TPSA) is 72.7 Å². The van der Waals surface area contributed by atoms with Gasteiger partial charge in [0.25, 0.3) is 0 Å². The first-order chi connectivity index (χ1) is 14.7. The molecule has 1 heterocycles. The fourth-order valence-corrected chi connectivity index (χ4v) is 3.96. The first kappa shape index (κ1) is 19.5. The lowest BCUT2D eigenvalue weighted by molar-refractivity contribution is 0.407. The normalized spacial score (nSPS) is 14.5. The van der Waals surface area contributed by atoms with Gasteiger partial charge >= 0.3 is 0 Å². The van der Waals surface area contributed by atoms with Crippen LogP contribution in [0, 0.1) is 6.57 Å². The van der Waals surface area contributed by atoms with E-state index in [9.17, 15) is 0 Å². The van der Waals surface area contributed by atoms with Gasteiger partial charge in [0.15, 0.2) is 0 Å². The number of nitrogens with zero attached hydrogens (tertiary/aromatic N) is 3. The van der Waals surface area contributed by atoms with Gasteiger partial charge in [0.2, 0.25) is 11.6 Å². The number of hydrogen-bond donors (Lipinski definition) is 2. The van der Waals surface area contributed by atoms with E-state index in [0.717, 1.165) is 46.9 Å². The van der Waals surface area contributed by atoms with E-state index in [4.69, 9.17) is 21.0 Å². The average Bonchev–Trinajstić information content (AvgIpc) is 3.22. The Morgan fingerprint density at radius 2 is 1.87 bits per heavy atom. The maximum atomic E-state index is 7.23. The first-order valence-corrected chi connectivity index (χ1v) is 9.72. The smallest absolute Gasteiger partial charge is 0.229 e. The molecule has 0 spiro atoms. The summed E-state index contributed by atoms with van der Waals surface area (Å²) in [5.41, 5.74) is 4.50. The predicted octanol–water partition coefficient (Wildman–Crippen LogP) is 4.91. The fourth-order valence-electron chi connectivity index (χ4n) is 3.96. The lowest BCUT2D eigenvalue weighted by Gasteiger charge is -2.17. The Labute approximate surface area is 175 Å². The SMILES string of the molecule is [C-]#[N+]c1ccc(Nc2nc(NC)c3c(n2)[C@@H](c2ccccc2OC)CC3)cc1OC. The van der Waals surface area contributed by atoms with Gasteiger partial charge in [0, 0.05) is 29.8 Å². The molecule has 0 saturated heterocycles. The molecular weight excluding hydrogens is 378 g/mol. The van der Waals surface area contributed by atoms with Gasteiger partial charge in [-0.2, -0.15) is 4.98 Å². The number of rotatable bonds is 6. The summed E-state index contributed by atoms with van der Waals surface area (Å²) in [5, 5.41) is 6.47. The summed E-state index contributed by atoms with van der Waals surface area (Å²) >= 11 is 0. The second-order valence-corrected chi connectivity index (χ2v) is 6.97. The van der Waals surface area contributed by atoms with Crippen molar-refractivity contribution in [3.63, 3.8) is 0 Å². The second-order valence-electron chi connectivity index (χ2n) is 6.97. The van der Waals surface area contributed by atoms with Crippen LogP contribution in [0.25, 0.3) is 4.85 Å². The Morgan fingerprint density at radius 3 is 2.60 bits per heavy atom. The maximum Gasteiger partial charge on any atom is 0.229 e. The molecule has 4 rings (SSSR count). The van der Waals surface area contributed by atoms with Crippen LogP contribution in [-0.4, -0.2) is 31.2 Å². The highest BCUT2D eigenvalue weighted by Gasteiger charge is 2.31. The standard InChI is InChI=1S/C23H23N5O2/c1-24-18-12-9-14(13-20(18)30-4)26-23-27-21-16(10-11-17(21)22(25-2)28-23)15-7-5-6-8-19(15)29-3/h5-9,12-13,16H,10-11H2,2-4H3,(H2,25,26,27,28)/t16-/m1/s1. The number of hydrogen-bond acceptors (Lipinski definition) is 6. The van der Waals surface area contributed by atoms with Crippen LogP contribution in [-0.2, 0) is 6.42 Å². The van der Waals surface area contributed by atoms with Crippen molar-refractivity contribution in [1.82, 2.24) is 9.97 Å². The van der Waals surface area contributed by atoms with E-state index in [0.29, 0.717) is 17.4 Å². The van der Waals surface area contributed by atoms with Crippen molar-refractivity contribution in [2.75, 3.05) is 31.9 Å². The zero-order valence-electron chi connectivity index (χ0n) is 17.2. The fraction of sp³-hybridized carbons (Fsp3) is 0.261. The highest BCUT2D eigenvalue weighted by molar-refractivity contribution is 5.68. The molecule has 2 N–H and O–H groups in total. The van der Waals surface area contributed by atoms with E-state index in [-0.39, 0.29) is 5.92 Å². The molecule has 152 valence electrons. The molecule has 1 aromatic heterocycles. The highest BCUT2D eigenvalue weighted by atomic mass is 16.5. The van der Waals surface area contributed by atoms with Crippen molar-refractivity contribution in [3.05, 3.63) is 70.7 Å². The minimum absolute atomic E-state index is 0.144. The van der Waals surface area contributed by atoms with Gasteiger partial charge in [-0.3, -0.25) is 0 Å². The molecule has 7 heteroatoms. The summed E-state index contributed by atoms with van der Waals surface area (Å²) in [4.78, 5) is 13.0. The van der Waals surface area contributed by atoms with E-state index in [1.807, 2.05) is 31.3 Å². The summed E-state index contributed by atoms with van der Waals surface area (Å²) in [6.45, 7) is 7.23. The van der Waals surface area contributed by atoms with E-state index >= 15 is 0 Å². The van der Waals surface area contributed by atoms with Crippen molar-refractivity contribution in [1.29, 1.82) is 0 Å². The number of benzene rings is 2. The van der Waals surface area contributed by atoms with Crippen LogP contribution in [0.2, 0.25) is 0 Å². The molecule has 0 bridgehead atoms. The molecule has 0 fully saturated rings. The molecule has 1 atom stereocenters. The number of methoxy groups -OCH3 is 2. The summed E-state index contributed by atoms with van der Waals surface area (Å²) in [6.07, 6.45) is 1.86. The molecule has 0 unspecified atom stereocenters. The van der Waals surface area contributed by atoms with Crippen LogP contribution in [0.1, 0.15) is 29.2 Å². The van der Waals surface area contributed by atoms with Gasteiger partial charge in [-0.25, -0.2) is 9.83 Å². The van der Waals surface area contributed by atoms with Gasteiger partial charge in [-0.05, 0) is 31.0 Å². The largest absolute Gasteiger partial charge is 0.508 e. The highest BCUT2D eigenvalue weighted by Crippen LogP contribution is 2.43. The maximum absolute atomic E-state index is 7.23. The molecular formula is C23H23N5O2. The number of aromatic nitrogens is 2. The van der Waals surface area contributed by atoms with E-state index in [2.05, 4.69) is 26.5 Å². The summed E-state index contributed by atoms with van der Waals surface area (Å²) in [5.74, 6) is 2.85. The Morgan fingerprint density at radius 1 is 1.07 bits per heavy atom. The molecule has 3 aromatic rings. The summed E-state index contributed by atoms with van der Waals surface area (Å²) in [7, 11) is 5.12. The zero-order valence-corrected chi connectivity index (χ0v) is 17.2.